The van der Waals surface area contributed by atoms with Gasteiger partial charge in [-0.3, -0.25) is 9.78 Å². The van der Waals surface area contributed by atoms with Crippen LogP contribution in [0.5, 0.6) is 0 Å². The van der Waals surface area contributed by atoms with Gasteiger partial charge in [0.15, 0.2) is 5.76 Å². The largest absolute Gasteiger partial charge is 0.459 e. The molecule has 0 aromatic carbocycles. The fraction of sp³-hybridized carbons (Fsp3) is 0.231. The van der Waals surface area contributed by atoms with E-state index in [1.165, 1.54) is 6.26 Å². The summed E-state index contributed by atoms with van der Waals surface area (Å²) in [5.74, 6) is 0.144. The van der Waals surface area contributed by atoms with Crippen LogP contribution in [-0.4, -0.2) is 24.0 Å². The second-order valence-electron chi connectivity index (χ2n) is 3.77. The minimum atomic E-state index is -0.192. The van der Waals surface area contributed by atoms with Crippen molar-refractivity contribution in [2.45, 2.75) is 6.54 Å². The van der Waals surface area contributed by atoms with Crippen molar-refractivity contribution in [3.63, 3.8) is 0 Å². The second kappa shape index (κ2) is 6.56. The molecule has 0 saturated carbocycles. The number of amides is 1. The Labute approximate surface area is 105 Å². The first kappa shape index (κ1) is 12.3. The van der Waals surface area contributed by atoms with Crippen molar-refractivity contribution in [1.82, 2.24) is 15.6 Å². The van der Waals surface area contributed by atoms with E-state index in [9.17, 15) is 4.79 Å². The maximum absolute atomic E-state index is 11.5. The number of furan rings is 1. The molecule has 2 rings (SSSR count). The first-order valence-corrected chi connectivity index (χ1v) is 5.77. The van der Waals surface area contributed by atoms with Crippen LogP contribution in [0, 0.1) is 0 Å². The molecule has 18 heavy (non-hydrogen) atoms. The van der Waals surface area contributed by atoms with E-state index in [1.54, 1.807) is 18.3 Å². The lowest BCUT2D eigenvalue weighted by Gasteiger charge is -2.05. The summed E-state index contributed by atoms with van der Waals surface area (Å²) in [7, 11) is 0. The van der Waals surface area contributed by atoms with Crippen molar-refractivity contribution in [1.29, 1.82) is 0 Å². The molecule has 5 heteroatoms. The average Bonchev–Trinajstić information content (AvgIpc) is 2.93. The molecule has 5 nitrogen and oxygen atoms in total. The van der Waals surface area contributed by atoms with Gasteiger partial charge in [-0.25, -0.2) is 0 Å². The van der Waals surface area contributed by atoms with E-state index in [-0.39, 0.29) is 5.91 Å². The molecular formula is C13H15N3O2. The fourth-order valence-electron chi connectivity index (χ4n) is 1.49. The van der Waals surface area contributed by atoms with E-state index in [1.807, 2.05) is 18.3 Å². The molecule has 0 fully saturated rings. The standard InChI is InChI=1S/C13H15N3O2/c17-13(12-4-2-8-18-12)16-7-6-15-10-11-3-1-5-14-9-11/h1-5,8-9,15H,6-7,10H2,(H,16,17). The Balaban J connectivity index is 1.61. The van der Waals surface area contributed by atoms with Gasteiger partial charge in [-0.1, -0.05) is 6.07 Å². The molecule has 0 unspecified atom stereocenters. The summed E-state index contributed by atoms with van der Waals surface area (Å²) in [6.45, 7) is 1.99. The molecule has 0 radical (unpaired) electrons. The van der Waals surface area contributed by atoms with Crippen LogP contribution in [0.1, 0.15) is 16.1 Å². The lowest BCUT2D eigenvalue weighted by molar-refractivity contribution is 0.0926. The molecule has 0 saturated heterocycles. The molecule has 0 aliphatic heterocycles. The Bertz CT molecular complexity index is 468. The first-order valence-electron chi connectivity index (χ1n) is 5.77. The third-order valence-electron chi connectivity index (χ3n) is 2.38. The number of nitrogens with zero attached hydrogens (tertiary/aromatic N) is 1. The summed E-state index contributed by atoms with van der Waals surface area (Å²) >= 11 is 0. The predicted octanol–water partition coefficient (Wildman–Crippen LogP) is 1.19. The van der Waals surface area contributed by atoms with Crippen molar-refractivity contribution in [3.05, 3.63) is 54.2 Å². The van der Waals surface area contributed by atoms with Crippen LogP contribution in [0.4, 0.5) is 0 Å². The molecule has 2 aromatic rings. The maximum Gasteiger partial charge on any atom is 0.287 e. The number of rotatable bonds is 6. The van der Waals surface area contributed by atoms with Crippen LogP contribution >= 0.6 is 0 Å². The molecule has 0 spiro atoms. The van der Waals surface area contributed by atoms with Gasteiger partial charge in [0.1, 0.15) is 0 Å². The van der Waals surface area contributed by atoms with Gasteiger partial charge in [-0.15, -0.1) is 0 Å². The normalized spacial score (nSPS) is 10.2. The zero-order valence-electron chi connectivity index (χ0n) is 9.93. The number of hydrogen-bond donors (Lipinski definition) is 2. The molecule has 0 bridgehead atoms. The van der Waals surface area contributed by atoms with Crippen LogP contribution in [0.15, 0.2) is 47.3 Å². The van der Waals surface area contributed by atoms with Gasteiger partial charge >= 0.3 is 0 Å². The molecule has 2 N–H and O–H groups in total. The Hall–Kier alpha value is -2.14. The van der Waals surface area contributed by atoms with Crippen molar-refractivity contribution >= 4 is 5.91 Å². The minimum Gasteiger partial charge on any atom is -0.459 e. The highest BCUT2D eigenvalue weighted by atomic mass is 16.3. The topological polar surface area (TPSA) is 67.2 Å². The van der Waals surface area contributed by atoms with Gasteiger partial charge < -0.3 is 15.1 Å². The summed E-state index contributed by atoms with van der Waals surface area (Å²) in [6.07, 6.45) is 5.04. The van der Waals surface area contributed by atoms with E-state index in [0.717, 1.165) is 12.1 Å². The van der Waals surface area contributed by atoms with E-state index in [2.05, 4.69) is 15.6 Å². The predicted molar refractivity (Wildman–Crippen MR) is 67.0 cm³/mol. The first-order chi connectivity index (χ1) is 8.86. The monoisotopic (exact) mass is 245 g/mol. The number of carbonyl (C=O) groups excluding carboxylic acids is 1. The van der Waals surface area contributed by atoms with Crippen LogP contribution in [0.3, 0.4) is 0 Å². The van der Waals surface area contributed by atoms with E-state index < -0.39 is 0 Å². The third-order valence-corrected chi connectivity index (χ3v) is 2.38. The lowest BCUT2D eigenvalue weighted by Crippen LogP contribution is -2.31. The highest BCUT2D eigenvalue weighted by Gasteiger charge is 2.06. The summed E-state index contributed by atoms with van der Waals surface area (Å²) in [5, 5.41) is 5.98. The Kier molecular flexibility index (Phi) is 4.49. The van der Waals surface area contributed by atoms with E-state index in [4.69, 9.17) is 4.42 Å². The SMILES string of the molecule is O=C(NCCNCc1cccnc1)c1ccco1. The zero-order chi connectivity index (χ0) is 12.6. The van der Waals surface area contributed by atoms with Gasteiger partial charge in [-0.05, 0) is 23.8 Å². The van der Waals surface area contributed by atoms with Crippen LogP contribution in [0.2, 0.25) is 0 Å². The summed E-state index contributed by atoms with van der Waals surface area (Å²) in [4.78, 5) is 15.5. The van der Waals surface area contributed by atoms with Crippen molar-refractivity contribution < 1.29 is 9.21 Å². The molecule has 2 aromatic heterocycles. The molecular weight excluding hydrogens is 230 g/mol. The van der Waals surface area contributed by atoms with E-state index in [0.29, 0.717) is 18.8 Å². The second-order valence-corrected chi connectivity index (χ2v) is 3.77. The van der Waals surface area contributed by atoms with Crippen molar-refractivity contribution in [2.75, 3.05) is 13.1 Å². The van der Waals surface area contributed by atoms with Crippen LogP contribution in [-0.2, 0) is 6.54 Å². The molecule has 0 aliphatic rings. The van der Waals surface area contributed by atoms with Crippen LogP contribution in [0.25, 0.3) is 0 Å². The number of carbonyl (C=O) groups is 1. The molecule has 0 aliphatic carbocycles. The van der Waals surface area contributed by atoms with Gasteiger partial charge in [0.2, 0.25) is 0 Å². The van der Waals surface area contributed by atoms with Gasteiger partial charge in [0.05, 0.1) is 6.26 Å². The van der Waals surface area contributed by atoms with Crippen LogP contribution < -0.4 is 10.6 Å². The van der Waals surface area contributed by atoms with Crippen molar-refractivity contribution in [2.24, 2.45) is 0 Å². The minimum absolute atomic E-state index is 0.192. The average molecular weight is 245 g/mol. The van der Waals surface area contributed by atoms with Gasteiger partial charge in [0, 0.05) is 32.0 Å². The van der Waals surface area contributed by atoms with Gasteiger partial charge in [0.25, 0.3) is 5.91 Å². The Morgan fingerprint density at radius 2 is 2.22 bits per heavy atom. The quantitative estimate of drug-likeness (QED) is 0.750. The highest BCUT2D eigenvalue weighted by molar-refractivity contribution is 5.91. The molecule has 2 heterocycles. The lowest BCUT2D eigenvalue weighted by atomic mass is 10.3. The maximum atomic E-state index is 11.5. The number of nitrogens with one attached hydrogen (secondary N) is 2. The smallest absolute Gasteiger partial charge is 0.287 e. The Morgan fingerprint density at radius 3 is 2.94 bits per heavy atom. The highest BCUT2D eigenvalue weighted by Crippen LogP contribution is 1.98. The summed E-state index contributed by atoms with van der Waals surface area (Å²) < 4.78 is 4.98. The molecule has 0 atom stereocenters. The number of pyridine rings is 1. The number of hydrogen-bond acceptors (Lipinski definition) is 4. The summed E-state index contributed by atoms with van der Waals surface area (Å²) in [6, 6.07) is 7.23. The number of aromatic nitrogens is 1. The van der Waals surface area contributed by atoms with E-state index >= 15 is 0 Å². The van der Waals surface area contributed by atoms with Crippen molar-refractivity contribution in [3.8, 4) is 0 Å². The third kappa shape index (κ3) is 3.71. The zero-order valence-corrected chi connectivity index (χ0v) is 9.93. The molecule has 94 valence electrons. The summed E-state index contributed by atoms with van der Waals surface area (Å²) in [5.41, 5.74) is 1.12. The molecule has 1 amide bonds. The van der Waals surface area contributed by atoms with Gasteiger partial charge in [-0.2, -0.15) is 0 Å². The Morgan fingerprint density at radius 1 is 1.28 bits per heavy atom. The fourth-order valence-corrected chi connectivity index (χ4v) is 1.49.